The quantitative estimate of drug-likeness (QED) is 0.811. The van der Waals surface area contributed by atoms with E-state index in [-0.39, 0.29) is 11.9 Å². The lowest BCUT2D eigenvalue weighted by Crippen LogP contribution is -2.31. The number of amides is 1. The maximum Gasteiger partial charge on any atom is 0.254 e. The number of carbonyl (C=O) groups excluding carboxylic acids is 1. The highest BCUT2D eigenvalue weighted by Crippen LogP contribution is 2.25. The number of nitrogens with one attached hydrogen (secondary N) is 2. The number of benzene rings is 1. The average Bonchev–Trinajstić information content (AvgIpc) is 2.58. The number of anilines is 2. The molecule has 23 heavy (non-hydrogen) atoms. The minimum absolute atomic E-state index is 0.166. The number of carbonyl (C=O) groups is 1. The molecule has 1 aliphatic carbocycles. The summed E-state index contributed by atoms with van der Waals surface area (Å²) in [6.07, 6.45) is 3.89. The van der Waals surface area contributed by atoms with Crippen LogP contribution in [0.1, 0.15) is 19.3 Å². The largest absolute Gasteiger partial charge is 0.402 e. The summed E-state index contributed by atoms with van der Waals surface area (Å²) < 4.78 is 0. The van der Waals surface area contributed by atoms with Crippen LogP contribution in [0.4, 0.5) is 11.5 Å². The van der Waals surface area contributed by atoms with Crippen molar-refractivity contribution in [1.82, 2.24) is 4.98 Å². The van der Waals surface area contributed by atoms with Crippen molar-refractivity contribution < 1.29 is 4.79 Å². The summed E-state index contributed by atoms with van der Waals surface area (Å²) in [6, 6.07) is 15.6. The Bertz CT molecular complexity index is 697. The Kier molecular flexibility index (Phi) is 4.57. The normalized spacial score (nSPS) is 17.7. The first kappa shape index (κ1) is 15.1. The number of hydrogen-bond acceptors (Lipinski definition) is 4. The molecule has 1 unspecified atom stereocenters. The molecule has 5 nitrogen and oxygen atoms in total. The predicted octanol–water partition coefficient (Wildman–Crippen LogP) is 2.90. The molecule has 0 spiro atoms. The number of nitrogens with two attached hydrogens (primary N) is 1. The Balaban J connectivity index is 1.67. The van der Waals surface area contributed by atoms with Gasteiger partial charge in [0.05, 0.1) is 0 Å². The number of hydrogen-bond donors (Lipinski definition) is 3. The third kappa shape index (κ3) is 3.88. The molecule has 0 fully saturated rings. The minimum Gasteiger partial charge on any atom is -0.402 e. The molecule has 1 heterocycles. The molecule has 4 N–H and O–H groups in total. The highest BCUT2D eigenvalue weighted by molar-refractivity contribution is 6.03. The van der Waals surface area contributed by atoms with Crippen molar-refractivity contribution in [1.29, 1.82) is 0 Å². The van der Waals surface area contributed by atoms with Gasteiger partial charge in [-0.1, -0.05) is 24.3 Å². The Morgan fingerprint density at radius 1 is 1.13 bits per heavy atom. The number of rotatable bonds is 4. The van der Waals surface area contributed by atoms with Gasteiger partial charge in [0.1, 0.15) is 5.82 Å². The fourth-order valence-electron chi connectivity index (χ4n) is 2.72. The molecule has 1 amide bonds. The Hall–Kier alpha value is -2.82. The van der Waals surface area contributed by atoms with Gasteiger partial charge >= 0.3 is 0 Å². The van der Waals surface area contributed by atoms with E-state index in [4.69, 9.17) is 5.73 Å². The van der Waals surface area contributed by atoms with Crippen molar-refractivity contribution in [3.05, 3.63) is 66.0 Å². The summed E-state index contributed by atoms with van der Waals surface area (Å²) in [5.41, 5.74) is 8.44. The molecule has 0 radical (unpaired) electrons. The summed E-state index contributed by atoms with van der Waals surface area (Å²) in [5.74, 6) is 0.372. The van der Waals surface area contributed by atoms with Gasteiger partial charge < -0.3 is 16.4 Å². The fourth-order valence-corrected chi connectivity index (χ4v) is 2.72. The molecule has 1 aromatic heterocycles. The second kappa shape index (κ2) is 6.96. The van der Waals surface area contributed by atoms with Crippen molar-refractivity contribution >= 4 is 17.4 Å². The first-order chi connectivity index (χ1) is 11.2. The number of nitrogens with zero attached hydrogens (tertiary/aromatic N) is 1. The second-order valence-electron chi connectivity index (χ2n) is 5.62. The van der Waals surface area contributed by atoms with Crippen molar-refractivity contribution in [2.75, 3.05) is 10.6 Å². The Morgan fingerprint density at radius 2 is 1.91 bits per heavy atom. The summed E-state index contributed by atoms with van der Waals surface area (Å²) in [5, 5.41) is 6.28. The maximum absolute atomic E-state index is 12.5. The molecule has 0 saturated carbocycles. The van der Waals surface area contributed by atoms with E-state index in [1.54, 1.807) is 12.3 Å². The molecule has 118 valence electrons. The second-order valence-corrected chi connectivity index (χ2v) is 5.62. The minimum atomic E-state index is -0.166. The van der Waals surface area contributed by atoms with Gasteiger partial charge in [-0.15, -0.1) is 0 Å². The van der Waals surface area contributed by atoms with Gasteiger partial charge in [-0.3, -0.25) is 4.79 Å². The van der Waals surface area contributed by atoms with Crippen LogP contribution >= 0.6 is 0 Å². The number of allylic oxidation sites excluding steroid dienone is 1. The van der Waals surface area contributed by atoms with Gasteiger partial charge in [0.15, 0.2) is 0 Å². The molecule has 0 bridgehead atoms. The first-order valence-corrected chi connectivity index (χ1v) is 7.74. The van der Waals surface area contributed by atoms with Crippen LogP contribution in [0.5, 0.6) is 0 Å². The molecule has 2 aromatic rings. The third-order valence-corrected chi connectivity index (χ3v) is 3.93. The summed E-state index contributed by atoms with van der Waals surface area (Å²) >= 11 is 0. The molecular weight excluding hydrogens is 288 g/mol. The van der Waals surface area contributed by atoms with E-state index in [9.17, 15) is 4.79 Å². The SMILES string of the molecule is NC1=C(C(=O)Nc2ccccn2)CC(Nc2ccccc2)CC1. The van der Waals surface area contributed by atoms with Crippen LogP contribution in [-0.4, -0.2) is 16.9 Å². The Morgan fingerprint density at radius 3 is 2.65 bits per heavy atom. The fraction of sp³-hybridized carbons (Fsp3) is 0.222. The highest BCUT2D eigenvalue weighted by Gasteiger charge is 2.24. The van der Waals surface area contributed by atoms with Crippen LogP contribution in [-0.2, 0) is 4.79 Å². The van der Waals surface area contributed by atoms with E-state index in [0.717, 1.165) is 18.5 Å². The lowest BCUT2D eigenvalue weighted by atomic mass is 9.91. The summed E-state index contributed by atoms with van der Waals surface area (Å²) in [6.45, 7) is 0. The standard InChI is InChI=1S/C18H20N4O/c19-16-10-9-14(21-13-6-2-1-3-7-13)12-15(16)18(23)22-17-8-4-5-11-20-17/h1-8,11,14,21H,9-10,12,19H2,(H,20,22,23). The molecule has 5 heteroatoms. The van der Waals surface area contributed by atoms with Gasteiger partial charge in [-0.05, 0) is 43.5 Å². The van der Waals surface area contributed by atoms with E-state index in [2.05, 4.69) is 15.6 Å². The van der Waals surface area contributed by atoms with E-state index < -0.39 is 0 Å². The monoisotopic (exact) mass is 308 g/mol. The molecule has 1 aliphatic rings. The molecule has 1 atom stereocenters. The number of pyridine rings is 1. The number of para-hydroxylation sites is 1. The topological polar surface area (TPSA) is 80.0 Å². The van der Waals surface area contributed by atoms with E-state index in [0.29, 0.717) is 23.5 Å². The molecule has 0 saturated heterocycles. The van der Waals surface area contributed by atoms with Gasteiger partial charge in [-0.2, -0.15) is 0 Å². The van der Waals surface area contributed by atoms with Crippen molar-refractivity contribution in [2.45, 2.75) is 25.3 Å². The Labute approximate surface area is 135 Å². The van der Waals surface area contributed by atoms with Crippen LogP contribution in [0.3, 0.4) is 0 Å². The lowest BCUT2D eigenvalue weighted by Gasteiger charge is -2.26. The summed E-state index contributed by atoms with van der Waals surface area (Å²) in [7, 11) is 0. The van der Waals surface area contributed by atoms with Crippen molar-refractivity contribution in [3.8, 4) is 0 Å². The van der Waals surface area contributed by atoms with Crippen molar-refractivity contribution in [3.63, 3.8) is 0 Å². The zero-order chi connectivity index (χ0) is 16.1. The predicted molar refractivity (Wildman–Crippen MR) is 91.8 cm³/mol. The molecule has 0 aliphatic heterocycles. The van der Waals surface area contributed by atoms with Gasteiger partial charge in [-0.25, -0.2) is 4.98 Å². The van der Waals surface area contributed by atoms with E-state index >= 15 is 0 Å². The van der Waals surface area contributed by atoms with Crippen LogP contribution in [0.2, 0.25) is 0 Å². The summed E-state index contributed by atoms with van der Waals surface area (Å²) in [4.78, 5) is 16.6. The van der Waals surface area contributed by atoms with Crippen LogP contribution in [0, 0.1) is 0 Å². The smallest absolute Gasteiger partial charge is 0.254 e. The zero-order valence-corrected chi connectivity index (χ0v) is 12.8. The lowest BCUT2D eigenvalue weighted by molar-refractivity contribution is -0.113. The van der Waals surface area contributed by atoms with Crippen LogP contribution in [0.15, 0.2) is 66.0 Å². The third-order valence-electron chi connectivity index (χ3n) is 3.93. The number of aromatic nitrogens is 1. The molecule has 1 aromatic carbocycles. The van der Waals surface area contributed by atoms with Crippen molar-refractivity contribution in [2.24, 2.45) is 5.73 Å². The first-order valence-electron chi connectivity index (χ1n) is 7.74. The molecular formula is C18H20N4O. The van der Waals surface area contributed by atoms with Crippen LogP contribution in [0.25, 0.3) is 0 Å². The zero-order valence-electron chi connectivity index (χ0n) is 12.8. The van der Waals surface area contributed by atoms with Crippen LogP contribution < -0.4 is 16.4 Å². The van der Waals surface area contributed by atoms with Gasteiger partial charge in [0.25, 0.3) is 5.91 Å². The van der Waals surface area contributed by atoms with Gasteiger partial charge in [0, 0.05) is 29.2 Å². The van der Waals surface area contributed by atoms with Gasteiger partial charge in [0.2, 0.25) is 0 Å². The molecule has 3 rings (SSSR count). The van der Waals surface area contributed by atoms with E-state index in [1.165, 1.54) is 0 Å². The van der Waals surface area contributed by atoms with E-state index in [1.807, 2.05) is 42.5 Å². The maximum atomic E-state index is 12.5. The average molecular weight is 308 g/mol. The highest BCUT2D eigenvalue weighted by atomic mass is 16.1.